The standard InChI is InChI=1S/C13H18F2N2OS/c1-12(13(2,14)15)10(18)17-11(19-12)16-9-6-7-3-4-8(9)5-7/h7-9H,3-6H2,1-2H3,(H,16,17,18)/t7-,8+,9+,12-/m1/s1. The van der Waals surface area contributed by atoms with Crippen LogP contribution in [0.3, 0.4) is 0 Å². The predicted octanol–water partition coefficient (Wildman–Crippen LogP) is 2.81. The molecule has 2 fully saturated rings. The van der Waals surface area contributed by atoms with Crippen LogP contribution in [0, 0.1) is 11.8 Å². The zero-order valence-corrected chi connectivity index (χ0v) is 11.9. The van der Waals surface area contributed by atoms with E-state index in [1.54, 1.807) is 0 Å². The van der Waals surface area contributed by atoms with E-state index in [0.717, 1.165) is 31.0 Å². The highest BCUT2D eigenvalue weighted by atomic mass is 32.2. The third kappa shape index (κ3) is 2.08. The van der Waals surface area contributed by atoms with Crippen molar-refractivity contribution in [2.24, 2.45) is 16.8 Å². The Bertz CT molecular complexity index is 448. The van der Waals surface area contributed by atoms with Crippen LogP contribution >= 0.6 is 11.8 Å². The fourth-order valence-electron chi connectivity index (χ4n) is 3.38. The van der Waals surface area contributed by atoms with Gasteiger partial charge in [-0.25, -0.2) is 8.78 Å². The first kappa shape index (κ1) is 13.3. The van der Waals surface area contributed by atoms with Crippen molar-refractivity contribution < 1.29 is 13.6 Å². The van der Waals surface area contributed by atoms with Gasteiger partial charge in [-0.1, -0.05) is 18.2 Å². The Morgan fingerprint density at radius 2 is 2.16 bits per heavy atom. The molecule has 3 nitrogen and oxygen atoms in total. The Morgan fingerprint density at radius 3 is 2.63 bits per heavy atom. The minimum atomic E-state index is -3.07. The second kappa shape index (κ2) is 4.17. The maximum absolute atomic E-state index is 13.6. The van der Waals surface area contributed by atoms with E-state index in [1.807, 2.05) is 0 Å². The van der Waals surface area contributed by atoms with Crippen molar-refractivity contribution in [1.29, 1.82) is 0 Å². The average molecular weight is 288 g/mol. The molecule has 1 amide bonds. The van der Waals surface area contributed by atoms with Crippen LogP contribution in [0.15, 0.2) is 4.99 Å². The van der Waals surface area contributed by atoms with E-state index < -0.39 is 16.6 Å². The first-order valence-electron chi connectivity index (χ1n) is 6.76. The normalized spacial score (nSPS) is 41.8. The molecule has 2 aliphatic carbocycles. The number of amides is 1. The van der Waals surface area contributed by atoms with Gasteiger partial charge in [0.15, 0.2) is 9.91 Å². The molecule has 0 aromatic heterocycles. The van der Waals surface area contributed by atoms with Gasteiger partial charge in [-0.2, -0.15) is 4.99 Å². The summed E-state index contributed by atoms with van der Waals surface area (Å²) in [4.78, 5) is 15.6. The fraction of sp³-hybridized carbons (Fsp3) is 0.846. The van der Waals surface area contributed by atoms with E-state index in [-0.39, 0.29) is 0 Å². The molecule has 0 radical (unpaired) electrons. The van der Waals surface area contributed by atoms with Crippen molar-refractivity contribution >= 4 is 22.8 Å². The Balaban J connectivity index is 1.68. The number of thioether (sulfide) groups is 1. The first-order chi connectivity index (χ1) is 8.79. The average Bonchev–Trinajstić information content (AvgIpc) is 2.94. The molecule has 0 saturated heterocycles. The summed E-state index contributed by atoms with van der Waals surface area (Å²) in [5.74, 6) is -2.41. The smallest absolute Gasteiger partial charge is 0.270 e. The zero-order valence-electron chi connectivity index (χ0n) is 11.1. The van der Waals surface area contributed by atoms with Crippen molar-refractivity contribution in [2.45, 2.75) is 56.2 Å². The van der Waals surface area contributed by atoms with Crippen molar-refractivity contribution in [3.63, 3.8) is 0 Å². The van der Waals surface area contributed by atoms with E-state index in [1.165, 1.54) is 26.2 Å². The Kier molecular flexibility index (Phi) is 2.93. The molecule has 0 spiro atoms. The molecule has 2 saturated carbocycles. The molecular formula is C13H18F2N2OS. The summed E-state index contributed by atoms with van der Waals surface area (Å²) in [6.07, 6.45) is 4.80. The van der Waals surface area contributed by atoms with Crippen LogP contribution in [0.25, 0.3) is 0 Å². The SMILES string of the molecule is CC(F)(F)[C@]1(C)SC(N[C@H]2C[C@@H]3CC[C@H]2C3)=NC1=O. The maximum Gasteiger partial charge on any atom is 0.270 e. The molecular weight excluding hydrogens is 270 g/mol. The van der Waals surface area contributed by atoms with E-state index in [2.05, 4.69) is 10.3 Å². The lowest BCUT2D eigenvalue weighted by molar-refractivity contribution is -0.128. The summed E-state index contributed by atoms with van der Waals surface area (Å²) in [6.45, 7) is 2.06. The van der Waals surface area contributed by atoms with E-state index in [9.17, 15) is 13.6 Å². The van der Waals surface area contributed by atoms with Gasteiger partial charge in [0, 0.05) is 13.0 Å². The first-order valence-corrected chi connectivity index (χ1v) is 7.58. The number of alkyl halides is 2. The summed E-state index contributed by atoms with van der Waals surface area (Å²) < 4.78 is 25.4. The number of rotatable bonds is 2. The minimum absolute atomic E-state index is 0.311. The van der Waals surface area contributed by atoms with E-state index in [4.69, 9.17) is 0 Å². The lowest BCUT2D eigenvalue weighted by Gasteiger charge is -2.28. The Labute approximate surface area is 115 Å². The molecule has 1 N–H and O–H groups in total. The molecule has 0 unspecified atom stereocenters. The van der Waals surface area contributed by atoms with Gasteiger partial charge in [0.2, 0.25) is 0 Å². The predicted molar refractivity (Wildman–Crippen MR) is 71.4 cm³/mol. The molecule has 1 aliphatic heterocycles. The maximum atomic E-state index is 13.6. The van der Waals surface area contributed by atoms with Gasteiger partial charge in [-0.3, -0.25) is 4.79 Å². The second-order valence-corrected chi connectivity index (χ2v) is 7.58. The summed E-state index contributed by atoms with van der Waals surface area (Å²) in [6, 6.07) is 0.311. The molecule has 1 heterocycles. The number of hydrogen-bond donors (Lipinski definition) is 1. The van der Waals surface area contributed by atoms with Crippen LogP contribution in [-0.2, 0) is 4.79 Å². The van der Waals surface area contributed by atoms with Crippen molar-refractivity contribution in [3.05, 3.63) is 0 Å². The lowest BCUT2D eigenvalue weighted by atomic mass is 9.96. The second-order valence-electron chi connectivity index (χ2n) is 6.17. The lowest BCUT2D eigenvalue weighted by Crippen LogP contribution is -2.45. The molecule has 0 aromatic carbocycles. The molecule has 3 rings (SSSR count). The zero-order chi connectivity index (χ0) is 13.8. The topological polar surface area (TPSA) is 41.5 Å². The fourth-order valence-corrected chi connectivity index (χ4v) is 4.42. The molecule has 6 heteroatoms. The molecule has 3 aliphatic rings. The van der Waals surface area contributed by atoms with Gasteiger partial charge >= 0.3 is 0 Å². The molecule has 0 aromatic rings. The third-order valence-corrected chi connectivity index (χ3v) is 6.14. The van der Waals surface area contributed by atoms with Crippen LogP contribution in [0.2, 0.25) is 0 Å². The molecule has 2 bridgehead atoms. The summed E-state index contributed by atoms with van der Waals surface area (Å²) in [5, 5.41) is 3.61. The quantitative estimate of drug-likeness (QED) is 0.849. The number of amidine groups is 1. The number of nitrogens with one attached hydrogen (secondary N) is 1. The Morgan fingerprint density at radius 1 is 1.42 bits per heavy atom. The van der Waals surface area contributed by atoms with Gasteiger partial charge in [-0.05, 0) is 38.0 Å². The van der Waals surface area contributed by atoms with Crippen LogP contribution in [-0.4, -0.2) is 27.8 Å². The number of hydrogen-bond acceptors (Lipinski definition) is 3. The summed E-state index contributed by atoms with van der Waals surface area (Å²) in [7, 11) is 0. The van der Waals surface area contributed by atoms with E-state index in [0.29, 0.717) is 17.1 Å². The largest absolute Gasteiger partial charge is 0.361 e. The van der Waals surface area contributed by atoms with Crippen molar-refractivity contribution in [3.8, 4) is 0 Å². The summed E-state index contributed by atoms with van der Waals surface area (Å²) in [5.41, 5.74) is 0. The summed E-state index contributed by atoms with van der Waals surface area (Å²) >= 11 is 0.882. The van der Waals surface area contributed by atoms with Gasteiger partial charge in [-0.15, -0.1) is 0 Å². The number of carbonyl (C=O) groups excluding carboxylic acids is 1. The Hall–Kier alpha value is -0.650. The van der Waals surface area contributed by atoms with Crippen LogP contribution in [0.4, 0.5) is 8.78 Å². The van der Waals surface area contributed by atoms with Gasteiger partial charge in [0.1, 0.15) is 0 Å². The highest BCUT2D eigenvalue weighted by molar-refractivity contribution is 8.16. The van der Waals surface area contributed by atoms with Crippen molar-refractivity contribution in [1.82, 2.24) is 5.32 Å². The number of aliphatic imine (C=N–C) groups is 1. The van der Waals surface area contributed by atoms with Gasteiger partial charge in [0.05, 0.1) is 0 Å². The highest BCUT2D eigenvalue weighted by Gasteiger charge is 2.57. The van der Waals surface area contributed by atoms with E-state index >= 15 is 0 Å². The molecule has 4 atom stereocenters. The number of nitrogens with zero attached hydrogens (tertiary/aromatic N) is 1. The number of fused-ring (bicyclic) bond motifs is 2. The molecule has 19 heavy (non-hydrogen) atoms. The minimum Gasteiger partial charge on any atom is -0.361 e. The molecule has 106 valence electrons. The monoisotopic (exact) mass is 288 g/mol. The van der Waals surface area contributed by atoms with Gasteiger partial charge < -0.3 is 5.32 Å². The highest BCUT2D eigenvalue weighted by Crippen LogP contribution is 2.47. The van der Waals surface area contributed by atoms with Crippen LogP contribution in [0.5, 0.6) is 0 Å². The van der Waals surface area contributed by atoms with Crippen molar-refractivity contribution in [2.75, 3.05) is 0 Å². The van der Waals surface area contributed by atoms with Crippen LogP contribution < -0.4 is 5.32 Å². The number of carbonyl (C=O) groups is 1. The van der Waals surface area contributed by atoms with Crippen LogP contribution in [0.1, 0.15) is 39.5 Å². The number of halogens is 2. The third-order valence-electron chi connectivity index (χ3n) is 4.80. The van der Waals surface area contributed by atoms with Gasteiger partial charge in [0.25, 0.3) is 11.8 Å².